The van der Waals surface area contributed by atoms with Gasteiger partial charge in [0.2, 0.25) is 5.91 Å². The van der Waals surface area contributed by atoms with E-state index in [-0.39, 0.29) is 15.2 Å². The molecule has 0 bridgehead atoms. The van der Waals surface area contributed by atoms with Crippen LogP contribution in [0.5, 0.6) is 0 Å². The van der Waals surface area contributed by atoms with Crippen molar-refractivity contribution in [3.05, 3.63) is 27.4 Å². The maximum absolute atomic E-state index is 13.8. The molecule has 1 atom stereocenters. The Morgan fingerprint density at radius 3 is 2.53 bits per heavy atom. The minimum Gasteiger partial charge on any atom is -0.307 e. The molecule has 1 heterocycles. The van der Waals surface area contributed by atoms with Crippen molar-refractivity contribution in [2.75, 3.05) is 11.4 Å². The van der Waals surface area contributed by atoms with Gasteiger partial charge in [0.1, 0.15) is 11.1 Å². The minimum atomic E-state index is -4.84. The Morgan fingerprint density at radius 2 is 2.05 bits per heavy atom. The molecule has 1 amide bonds. The molecule has 104 valence electrons. The molecule has 1 aliphatic rings. The number of hydrogen-bond acceptors (Lipinski definition) is 3. The Morgan fingerprint density at radius 1 is 1.42 bits per heavy atom. The molecule has 1 aromatic rings. The molecule has 0 saturated carbocycles. The predicted molar refractivity (Wildman–Crippen MR) is 69.9 cm³/mol. The highest BCUT2D eigenvalue weighted by Gasteiger charge is 2.40. The summed E-state index contributed by atoms with van der Waals surface area (Å²) in [6, 6.07) is 2.36. The van der Waals surface area contributed by atoms with Gasteiger partial charge in [0.15, 0.2) is 0 Å². The van der Waals surface area contributed by atoms with Gasteiger partial charge in [-0.2, -0.15) is 8.42 Å². The lowest BCUT2D eigenvalue weighted by atomic mass is 10.3. The van der Waals surface area contributed by atoms with Gasteiger partial charge in [0.05, 0.1) is 5.69 Å². The number of benzene rings is 1. The van der Waals surface area contributed by atoms with Gasteiger partial charge >= 0.3 is 10.2 Å². The topological polar surface area (TPSA) is 54.5 Å². The Kier molecular flexibility index (Phi) is 3.85. The summed E-state index contributed by atoms with van der Waals surface area (Å²) in [5.74, 6) is -1.45. The summed E-state index contributed by atoms with van der Waals surface area (Å²) in [6.07, 6.45) is -0.507. The van der Waals surface area contributed by atoms with Crippen molar-refractivity contribution >= 4 is 49.3 Å². The van der Waals surface area contributed by atoms with Crippen molar-refractivity contribution in [1.82, 2.24) is 0 Å². The highest BCUT2D eigenvalue weighted by Crippen LogP contribution is 2.36. The highest BCUT2D eigenvalue weighted by molar-refractivity contribution is 9.10. The fourth-order valence-corrected chi connectivity index (χ4v) is 3.53. The first kappa shape index (κ1) is 14.7. The molecule has 0 aromatic heterocycles. The van der Waals surface area contributed by atoms with Crippen molar-refractivity contribution in [3.63, 3.8) is 0 Å². The first-order valence-corrected chi connectivity index (χ1v) is 7.70. The van der Waals surface area contributed by atoms with E-state index in [9.17, 15) is 21.5 Å². The van der Waals surface area contributed by atoms with E-state index in [1.54, 1.807) is 0 Å². The van der Waals surface area contributed by atoms with E-state index in [4.69, 9.17) is 11.6 Å². The van der Waals surface area contributed by atoms with Crippen LogP contribution in [0.3, 0.4) is 0 Å². The maximum atomic E-state index is 13.8. The predicted octanol–water partition coefficient (Wildman–Crippen LogP) is 2.65. The summed E-state index contributed by atoms with van der Waals surface area (Å²) in [4.78, 5) is 12.6. The SMILES string of the molecule is O=C1CC(S(=O)(=O)F)CN1c1c(F)cc(Cl)cc1Br. The Labute approximate surface area is 121 Å². The quantitative estimate of drug-likeness (QED) is 0.748. The molecule has 2 rings (SSSR count). The number of halogens is 4. The van der Waals surface area contributed by atoms with Crippen LogP contribution in [0.4, 0.5) is 14.0 Å². The molecule has 1 saturated heterocycles. The lowest BCUT2D eigenvalue weighted by molar-refractivity contribution is -0.117. The van der Waals surface area contributed by atoms with Crippen LogP contribution in [0.1, 0.15) is 6.42 Å². The summed E-state index contributed by atoms with van der Waals surface area (Å²) >= 11 is 8.68. The second kappa shape index (κ2) is 4.99. The van der Waals surface area contributed by atoms with E-state index >= 15 is 0 Å². The normalized spacial score (nSPS) is 20.1. The molecule has 0 radical (unpaired) electrons. The lowest BCUT2D eigenvalue weighted by Crippen LogP contribution is -2.28. The number of amides is 1. The lowest BCUT2D eigenvalue weighted by Gasteiger charge is -2.18. The maximum Gasteiger partial charge on any atom is 0.307 e. The molecule has 1 fully saturated rings. The fraction of sp³-hybridized carbons (Fsp3) is 0.300. The standard InChI is InChI=1S/C10H7BrClF2NO3S/c11-7-1-5(12)2-8(13)10(7)15-4-6(3-9(15)16)19(14,17)18/h1-2,6H,3-4H2. The van der Waals surface area contributed by atoms with E-state index in [0.29, 0.717) is 0 Å². The van der Waals surface area contributed by atoms with Crippen LogP contribution in [0.2, 0.25) is 5.02 Å². The van der Waals surface area contributed by atoms with Crippen molar-refractivity contribution in [1.29, 1.82) is 0 Å². The third-order valence-electron chi connectivity index (χ3n) is 2.74. The molecule has 9 heteroatoms. The molecular formula is C10H7BrClF2NO3S. The van der Waals surface area contributed by atoms with E-state index in [1.807, 2.05) is 0 Å². The van der Waals surface area contributed by atoms with Crippen LogP contribution in [0, 0.1) is 5.82 Å². The zero-order valence-corrected chi connectivity index (χ0v) is 12.4. The number of hydrogen-bond donors (Lipinski definition) is 0. The van der Waals surface area contributed by atoms with Crippen LogP contribution in [0.15, 0.2) is 16.6 Å². The molecule has 1 aliphatic heterocycles. The average molecular weight is 375 g/mol. The molecule has 1 unspecified atom stereocenters. The van der Waals surface area contributed by atoms with Gasteiger partial charge in [-0.05, 0) is 28.1 Å². The van der Waals surface area contributed by atoms with Crippen LogP contribution < -0.4 is 4.90 Å². The first-order valence-electron chi connectivity index (χ1n) is 5.08. The zero-order valence-electron chi connectivity index (χ0n) is 9.24. The summed E-state index contributed by atoms with van der Waals surface area (Å²) in [5, 5.41) is -1.35. The molecule has 1 aromatic carbocycles. The van der Waals surface area contributed by atoms with E-state index in [0.717, 1.165) is 11.0 Å². The first-order chi connectivity index (χ1) is 8.70. The van der Waals surface area contributed by atoms with Gasteiger partial charge in [-0.15, -0.1) is 3.89 Å². The van der Waals surface area contributed by atoms with Gasteiger partial charge in [-0.3, -0.25) is 4.79 Å². The number of rotatable bonds is 2. The van der Waals surface area contributed by atoms with Crippen molar-refractivity contribution in [2.45, 2.75) is 11.7 Å². The summed E-state index contributed by atoms with van der Waals surface area (Å²) in [7, 11) is -4.84. The molecule has 0 spiro atoms. The molecule has 19 heavy (non-hydrogen) atoms. The summed E-state index contributed by atoms with van der Waals surface area (Å²) in [6.45, 7) is -0.422. The molecule has 0 aliphatic carbocycles. The van der Waals surface area contributed by atoms with Gasteiger partial charge in [-0.1, -0.05) is 11.6 Å². The number of anilines is 1. The van der Waals surface area contributed by atoms with Crippen LogP contribution in [-0.2, 0) is 15.0 Å². The number of carbonyl (C=O) groups is 1. The Bertz CT molecular complexity index is 629. The van der Waals surface area contributed by atoms with Crippen molar-refractivity contribution < 1.29 is 21.5 Å². The van der Waals surface area contributed by atoms with E-state index < -0.39 is 40.2 Å². The molecule has 0 N–H and O–H groups in total. The second-order valence-electron chi connectivity index (χ2n) is 4.02. The van der Waals surface area contributed by atoms with E-state index in [2.05, 4.69) is 15.9 Å². The third-order valence-corrected chi connectivity index (χ3v) is 4.67. The smallest absolute Gasteiger partial charge is 0.307 e. The van der Waals surface area contributed by atoms with E-state index in [1.165, 1.54) is 6.07 Å². The van der Waals surface area contributed by atoms with Crippen LogP contribution >= 0.6 is 27.5 Å². The second-order valence-corrected chi connectivity index (χ2v) is 6.93. The molecule has 4 nitrogen and oxygen atoms in total. The third kappa shape index (κ3) is 2.90. The van der Waals surface area contributed by atoms with Gasteiger partial charge in [0.25, 0.3) is 0 Å². The van der Waals surface area contributed by atoms with Crippen LogP contribution in [-0.4, -0.2) is 26.1 Å². The van der Waals surface area contributed by atoms with Crippen molar-refractivity contribution in [3.8, 4) is 0 Å². The summed E-state index contributed by atoms with van der Waals surface area (Å²) in [5.41, 5.74) is -0.138. The molecular weight excluding hydrogens is 368 g/mol. The fourth-order valence-electron chi connectivity index (χ4n) is 1.87. The highest BCUT2D eigenvalue weighted by atomic mass is 79.9. The van der Waals surface area contributed by atoms with Crippen LogP contribution in [0.25, 0.3) is 0 Å². The Balaban J connectivity index is 2.42. The van der Waals surface area contributed by atoms with Crippen molar-refractivity contribution in [2.24, 2.45) is 0 Å². The number of nitrogens with zero attached hydrogens (tertiary/aromatic N) is 1. The minimum absolute atomic E-state index is 0.120. The Hall–Kier alpha value is -0.730. The zero-order chi connectivity index (χ0) is 14.4. The number of carbonyl (C=O) groups excluding carboxylic acids is 1. The monoisotopic (exact) mass is 373 g/mol. The largest absolute Gasteiger partial charge is 0.307 e. The van der Waals surface area contributed by atoms with Gasteiger partial charge in [-0.25, -0.2) is 4.39 Å². The van der Waals surface area contributed by atoms with Gasteiger partial charge < -0.3 is 4.90 Å². The average Bonchev–Trinajstić information content (AvgIpc) is 2.59. The summed E-state index contributed by atoms with van der Waals surface area (Å²) < 4.78 is 48.5. The van der Waals surface area contributed by atoms with Gasteiger partial charge in [0, 0.05) is 22.5 Å².